The number of benzene rings is 2. The van der Waals surface area contributed by atoms with Crippen molar-refractivity contribution in [1.29, 1.82) is 0 Å². The first kappa shape index (κ1) is 26.2. The van der Waals surface area contributed by atoms with Gasteiger partial charge in [0.05, 0.1) is 5.60 Å². The first-order chi connectivity index (χ1) is 18.6. The lowest BCUT2D eigenvalue weighted by atomic mass is 9.77. The molecule has 2 heterocycles. The van der Waals surface area contributed by atoms with E-state index in [1.807, 2.05) is 18.2 Å². The van der Waals surface area contributed by atoms with E-state index in [-0.39, 0.29) is 42.8 Å². The second-order valence-electron chi connectivity index (χ2n) is 11.6. The summed E-state index contributed by atoms with van der Waals surface area (Å²) >= 11 is 0. The lowest BCUT2D eigenvalue weighted by Crippen LogP contribution is -2.43. The number of anilines is 1. The molecular formula is C30H34F2N2O5. The minimum absolute atomic E-state index is 0.0188. The number of aliphatic hydroxyl groups is 1. The van der Waals surface area contributed by atoms with Crippen molar-refractivity contribution in [2.24, 2.45) is 17.8 Å². The molecule has 39 heavy (non-hydrogen) atoms. The zero-order chi connectivity index (χ0) is 27.4. The molecule has 1 unspecified atom stereocenters. The average Bonchev–Trinajstić information content (AvgIpc) is 3.22. The van der Waals surface area contributed by atoms with Crippen molar-refractivity contribution in [3.05, 3.63) is 53.6 Å². The van der Waals surface area contributed by atoms with Gasteiger partial charge in [0.2, 0.25) is 12.7 Å². The minimum Gasteiger partial charge on any atom is -0.454 e. The predicted molar refractivity (Wildman–Crippen MR) is 140 cm³/mol. The second kappa shape index (κ2) is 9.86. The molecule has 3 fully saturated rings. The van der Waals surface area contributed by atoms with Gasteiger partial charge in [-0.3, -0.25) is 14.5 Å². The van der Waals surface area contributed by atoms with Crippen molar-refractivity contribution in [1.82, 2.24) is 4.90 Å². The molecule has 2 aromatic rings. The topological polar surface area (TPSA) is 88.1 Å². The molecule has 6 rings (SSSR count). The Morgan fingerprint density at radius 3 is 2.49 bits per heavy atom. The van der Waals surface area contributed by atoms with Crippen LogP contribution in [0.25, 0.3) is 0 Å². The molecular weight excluding hydrogens is 506 g/mol. The molecule has 1 amide bonds. The van der Waals surface area contributed by atoms with Gasteiger partial charge in [0.1, 0.15) is 5.78 Å². The molecule has 3 atom stereocenters. The molecule has 2 saturated carbocycles. The molecule has 0 spiro atoms. The zero-order valence-electron chi connectivity index (χ0n) is 22.0. The van der Waals surface area contributed by atoms with Gasteiger partial charge in [-0.2, -0.15) is 0 Å². The summed E-state index contributed by atoms with van der Waals surface area (Å²) in [4.78, 5) is 27.6. The van der Waals surface area contributed by atoms with Crippen LogP contribution >= 0.6 is 0 Å². The van der Waals surface area contributed by atoms with Gasteiger partial charge in [0.15, 0.2) is 11.5 Å². The van der Waals surface area contributed by atoms with E-state index < -0.39 is 11.5 Å². The summed E-state index contributed by atoms with van der Waals surface area (Å²) in [6, 6.07) is 11.7. The van der Waals surface area contributed by atoms with Gasteiger partial charge in [-0.05, 0) is 67.3 Å². The maximum atomic E-state index is 13.5. The third kappa shape index (κ3) is 5.26. The normalized spacial score (nSPS) is 29.6. The summed E-state index contributed by atoms with van der Waals surface area (Å²) in [6.07, 6.45) is 3.37. The van der Waals surface area contributed by atoms with E-state index in [1.165, 1.54) is 18.2 Å². The number of alkyl halides is 2. The highest BCUT2D eigenvalue weighted by Gasteiger charge is 2.59. The maximum absolute atomic E-state index is 13.5. The molecule has 0 radical (unpaired) electrons. The van der Waals surface area contributed by atoms with E-state index in [1.54, 1.807) is 6.07 Å². The van der Waals surface area contributed by atoms with E-state index in [0.717, 1.165) is 38.4 Å². The minimum atomic E-state index is -2.99. The number of carbonyl (C=O) groups is 2. The van der Waals surface area contributed by atoms with Crippen molar-refractivity contribution < 1.29 is 33.0 Å². The van der Waals surface area contributed by atoms with E-state index >= 15 is 0 Å². The van der Waals surface area contributed by atoms with Crippen LogP contribution in [-0.2, 0) is 21.1 Å². The number of piperidine rings is 1. The molecule has 2 aromatic carbocycles. The molecule has 4 aliphatic rings. The summed E-state index contributed by atoms with van der Waals surface area (Å²) in [5.41, 5.74) is 0.156. The Bertz CT molecular complexity index is 1260. The fraction of sp³-hybridized carbons (Fsp3) is 0.533. The summed E-state index contributed by atoms with van der Waals surface area (Å²) in [6.45, 7) is 2.80. The first-order valence-corrected chi connectivity index (χ1v) is 13.8. The first-order valence-electron chi connectivity index (χ1n) is 13.8. The molecule has 208 valence electrons. The van der Waals surface area contributed by atoms with Crippen LogP contribution in [-0.4, -0.2) is 47.6 Å². The summed E-state index contributed by atoms with van der Waals surface area (Å²) in [5.74, 6) is -1.10. The lowest BCUT2D eigenvalue weighted by Gasteiger charge is -2.40. The molecule has 0 aromatic heterocycles. The monoisotopic (exact) mass is 540 g/mol. The Hall–Kier alpha value is -3.04. The molecule has 9 heteroatoms. The van der Waals surface area contributed by atoms with Gasteiger partial charge in [-0.25, -0.2) is 8.78 Å². The number of rotatable bonds is 8. The van der Waals surface area contributed by atoms with Crippen LogP contribution in [0.1, 0.15) is 56.6 Å². The number of amides is 1. The Labute approximate surface area is 226 Å². The van der Waals surface area contributed by atoms with Crippen molar-refractivity contribution in [3.8, 4) is 11.5 Å². The smallest absolute Gasteiger partial charge is 0.270 e. The fourth-order valence-corrected chi connectivity index (χ4v) is 6.75. The quantitative estimate of drug-likeness (QED) is 0.499. The SMILES string of the molecule is CC(F)(F)c1cccc(NC(=O)CCC(=O)C2[C@H]3CN(C4CCC(O)(c5ccc6c(c5)OCO6)CC4)C[C@@H]23)c1. The number of nitrogens with zero attached hydrogens (tertiary/aromatic N) is 1. The number of carbonyl (C=O) groups excluding carboxylic acids is 2. The zero-order valence-corrected chi connectivity index (χ0v) is 22.0. The highest BCUT2D eigenvalue weighted by Crippen LogP contribution is 2.54. The predicted octanol–water partition coefficient (Wildman–Crippen LogP) is 4.82. The standard InChI is InChI=1S/C30H34F2N2O5/c1-29(31,32)18-3-2-4-20(13-18)33-27(36)8-6-24(35)28-22-15-34(16-23(22)28)21-9-11-30(37,12-10-21)19-5-7-25-26(14-19)39-17-38-25/h2-5,7,13-14,21-23,28,37H,6,8-12,15-17H2,1H3,(H,33,36)/t21?,22-,23+,28?,30?. The van der Waals surface area contributed by atoms with Gasteiger partial charge in [0, 0.05) is 56.1 Å². The Kier molecular flexibility index (Phi) is 6.62. The molecule has 0 bridgehead atoms. The van der Waals surface area contributed by atoms with Crippen LogP contribution in [0, 0.1) is 17.8 Å². The maximum Gasteiger partial charge on any atom is 0.270 e. The van der Waals surface area contributed by atoms with E-state index in [2.05, 4.69) is 10.2 Å². The molecule has 2 aliphatic heterocycles. The highest BCUT2D eigenvalue weighted by atomic mass is 19.3. The largest absolute Gasteiger partial charge is 0.454 e. The van der Waals surface area contributed by atoms with Gasteiger partial charge in [-0.1, -0.05) is 18.2 Å². The third-order valence-corrected chi connectivity index (χ3v) is 9.05. The van der Waals surface area contributed by atoms with Crippen LogP contribution in [0.4, 0.5) is 14.5 Å². The number of Topliss-reactive ketones (excluding diaryl/α,β-unsaturated/α-hetero) is 1. The number of hydrogen-bond acceptors (Lipinski definition) is 6. The van der Waals surface area contributed by atoms with Crippen LogP contribution in [0.3, 0.4) is 0 Å². The average molecular weight is 541 g/mol. The summed E-state index contributed by atoms with van der Waals surface area (Å²) < 4.78 is 38.0. The summed E-state index contributed by atoms with van der Waals surface area (Å²) in [7, 11) is 0. The Balaban J connectivity index is 0.944. The van der Waals surface area contributed by atoms with Crippen LogP contribution in [0.5, 0.6) is 11.5 Å². The number of ketones is 1. The third-order valence-electron chi connectivity index (χ3n) is 9.05. The molecule has 2 aliphatic carbocycles. The van der Waals surface area contributed by atoms with Crippen LogP contribution in [0.15, 0.2) is 42.5 Å². The number of ether oxygens (including phenoxy) is 2. The van der Waals surface area contributed by atoms with Crippen LogP contribution in [0.2, 0.25) is 0 Å². The van der Waals surface area contributed by atoms with E-state index in [4.69, 9.17) is 9.47 Å². The van der Waals surface area contributed by atoms with Crippen molar-refractivity contribution in [3.63, 3.8) is 0 Å². The van der Waals surface area contributed by atoms with E-state index in [0.29, 0.717) is 47.9 Å². The Morgan fingerprint density at radius 2 is 1.77 bits per heavy atom. The Morgan fingerprint density at radius 1 is 1.05 bits per heavy atom. The van der Waals surface area contributed by atoms with Crippen LogP contribution < -0.4 is 14.8 Å². The molecule has 1 saturated heterocycles. The number of likely N-dealkylation sites (tertiary alicyclic amines) is 1. The van der Waals surface area contributed by atoms with Gasteiger partial charge < -0.3 is 19.9 Å². The molecule has 7 nitrogen and oxygen atoms in total. The number of hydrogen-bond donors (Lipinski definition) is 2. The summed E-state index contributed by atoms with van der Waals surface area (Å²) in [5, 5.41) is 14.0. The van der Waals surface area contributed by atoms with Gasteiger partial charge in [-0.15, -0.1) is 0 Å². The second-order valence-corrected chi connectivity index (χ2v) is 11.6. The number of halogens is 2. The molecule has 2 N–H and O–H groups in total. The lowest BCUT2D eigenvalue weighted by molar-refractivity contribution is -0.124. The van der Waals surface area contributed by atoms with Crippen molar-refractivity contribution >= 4 is 17.4 Å². The van der Waals surface area contributed by atoms with Gasteiger partial charge in [0.25, 0.3) is 5.92 Å². The van der Waals surface area contributed by atoms with E-state index in [9.17, 15) is 23.5 Å². The van der Waals surface area contributed by atoms with Crippen molar-refractivity contribution in [2.75, 3.05) is 25.2 Å². The fourth-order valence-electron chi connectivity index (χ4n) is 6.75. The van der Waals surface area contributed by atoms with Crippen molar-refractivity contribution in [2.45, 2.75) is 63.0 Å². The number of fused-ring (bicyclic) bond motifs is 2. The number of nitrogens with one attached hydrogen (secondary N) is 1. The van der Waals surface area contributed by atoms with Gasteiger partial charge >= 0.3 is 0 Å². The highest BCUT2D eigenvalue weighted by molar-refractivity contribution is 5.94.